The molecule has 96 valence electrons. The highest BCUT2D eigenvalue weighted by Gasteiger charge is 2.16. The molecular weight excluding hydrogens is 216 g/mol. The number of hydrogen-bond donors (Lipinski definition) is 1. The summed E-state index contributed by atoms with van der Waals surface area (Å²) in [5, 5.41) is 12.0. The third-order valence-corrected chi connectivity index (χ3v) is 3.35. The summed E-state index contributed by atoms with van der Waals surface area (Å²) in [6, 6.07) is 0.400. The second-order valence-electron chi connectivity index (χ2n) is 4.58. The first-order valence-corrected chi connectivity index (χ1v) is 6.48. The van der Waals surface area contributed by atoms with Crippen LogP contribution in [0.25, 0.3) is 0 Å². The summed E-state index contributed by atoms with van der Waals surface area (Å²) in [5.41, 5.74) is 0. The SMILES string of the molecule is CCC(COC)NCc1nnc2n1CCCC2. The number of aromatic nitrogens is 3. The number of fused-ring (bicyclic) bond motifs is 1. The van der Waals surface area contributed by atoms with E-state index in [1.165, 1.54) is 12.8 Å². The van der Waals surface area contributed by atoms with E-state index in [4.69, 9.17) is 4.74 Å². The number of nitrogens with zero attached hydrogens (tertiary/aromatic N) is 3. The van der Waals surface area contributed by atoms with E-state index in [0.717, 1.165) is 44.2 Å². The zero-order valence-electron chi connectivity index (χ0n) is 10.8. The summed E-state index contributed by atoms with van der Waals surface area (Å²) < 4.78 is 7.43. The highest BCUT2D eigenvalue weighted by atomic mass is 16.5. The molecule has 5 heteroatoms. The van der Waals surface area contributed by atoms with Crippen molar-refractivity contribution in [1.82, 2.24) is 20.1 Å². The van der Waals surface area contributed by atoms with Gasteiger partial charge >= 0.3 is 0 Å². The van der Waals surface area contributed by atoms with Gasteiger partial charge in [0, 0.05) is 26.1 Å². The quantitative estimate of drug-likeness (QED) is 0.807. The monoisotopic (exact) mass is 238 g/mol. The molecule has 0 fully saturated rings. The lowest BCUT2D eigenvalue weighted by molar-refractivity contribution is 0.163. The Morgan fingerprint density at radius 2 is 2.29 bits per heavy atom. The predicted molar refractivity (Wildman–Crippen MR) is 65.8 cm³/mol. The maximum Gasteiger partial charge on any atom is 0.147 e. The molecule has 1 aromatic rings. The van der Waals surface area contributed by atoms with Crippen molar-refractivity contribution in [2.24, 2.45) is 0 Å². The third kappa shape index (κ3) is 3.04. The maximum atomic E-state index is 5.17. The molecule has 0 aromatic carbocycles. The van der Waals surface area contributed by atoms with Crippen LogP contribution >= 0.6 is 0 Å². The fourth-order valence-electron chi connectivity index (χ4n) is 2.26. The standard InChI is InChI=1S/C12H22N4O/c1-3-10(9-17-2)13-8-12-15-14-11-6-4-5-7-16(11)12/h10,13H,3-9H2,1-2H3. The number of rotatable bonds is 6. The van der Waals surface area contributed by atoms with Gasteiger partial charge in [-0.1, -0.05) is 6.92 Å². The third-order valence-electron chi connectivity index (χ3n) is 3.35. The summed E-state index contributed by atoms with van der Waals surface area (Å²) >= 11 is 0. The molecule has 1 aliphatic heterocycles. The number of aryl methyl sites for hydroxylation is 1. The van der Waals surface area contributed by atoms with Crippen LogP contribution in [0.2, 0.25) is 0 Å². The number of ether oxygens (including phenoxy) is 1. The average Bonchev–Trinajstić information content (AvgIpc) is 2.78. The Morgan fingerprint density at radius 1 is 1.41 bits per heavy atom. The molecule has 17 heavy (non-hydrogen) atoms. The molecule has 1 N–H and O–H groups in total. The van der Waals surface area contributed by atoms with Gasteiger partial charge < -0.3 is 14.6 Å². The fourth-order valence-corrected chi connectivity index (χ4v) is 2.26. The fraction of sp³-hybridized carbons (Fsp3) is 0.833. The summed E-state index contributed by atoms with van der Waals surface area (Å²) in [6.45, 7) is 4.77. The second kappa shape index (κ2) is 6.12. The van der Waals surface area contributed by atoms with Crippen LogP contribution in [-0.2, 0) is 24.2 Å². The van der Waals surface area contributed by atoms with E-state index in [0.29, 0.717) is 6.04 Å². The van der Waals surface area contributed by atoms with Gasteiger partial charge in [-0.15, -0.1) is 10.2 Å². The number of hydrogen-bond acceptors (Lipinski definition) is 4. The van der Waals surface area contributed by atoms with Gasteiger partial charge in [-0.3, -0.25) is 0 Å². The molecular formula is C12H22N4O. The lowest BCUT2D eigenvalue weighted by Gasteiger charge is -2.18. The van der Waals surface area contributed by atoms with E-state index in [2.05, 4.69) is 27.0 Å². The van der Waals surface area contributed by atoms with Gasteiger partial charge in [-0.05, 0) is 19.3 Å². The van der Waals surface area contributed by atoms with Crippen LogP contribution in [0.3, 0.4) is 0 Å². The largest absolute Gasteiger partial charge is 0.383 e. The summed E-state index contributed by atoms with van der Waals surface area (Å²) in [7, 11) is 1.74. The Hall–Kier alpha value is -0.940. The zero-order chi connectivity index (χ0) is 12.1. The molecule has 0 amide bonds. The molecule has 2 rings (SSSR count). The van der Waals surface area contributed by atoms with Crippen molar-refractivity contribution in [2.45, 2.75) is 51.7 Å². The maximum absolute atomic E-state index is 5.17. The first-order chi connectivity index (χ1) is 8.35. The molecule has 1 atom stereocenters. The van der Waals surface area contributed by atoms with Crippen LogP contribution in [-0.4, -0.2) is 34.5 Å². The summed E-state index contributed by atoms with van der Waals surface area (Å²) in [4.78, 5) is 0. The van der Waals surface area contributed by atoms with Crippen molar-refractivity contribution in [3.05, 3.63) is 11.6 Å². The molecule has 0 radical (unpaired) electrons. The van der Waals surface area contributed by atoms with Crippen LogP contribution < -0.4 is 5.32 Å². The highest BCUT2D eigenvalue weighted by molar-refractivity contribution is 4.98. The molecule has 0 saturated carbocycles. The van der Waals surface area contributed by atoms with Gasteiger partial charge in [0.1, 0.15) is 11.6 Å². The normalized spacial score (nSPS) is 16.8. The van der Waals surface area contributed by atoms with E-state index in [9.17, 15) is 0 Å². The highest BCUT2D eigenvalue weighted by Crippen LogP contribution is 2.14. The molecule has 1 aliphatic rings. The predicted octanol–water partition coefficient (Wildman–Crippen LogP) is 1.13. The Morgan fingerprint density at radius 3 is 3.06 bits per heavy atom. The number of nitrogens with one attached hydrogen (secondary N) is 1. The zero-order valence-corrected chi connectivity index (χ0v) is 10.8. The smallest absolute Gasteiger partial charge is 0.147 e. The Balaban J connectivity index is 1.92. The van der Waals surface area contributed by atoms with Crippen molar-refractivity contribution in [3.63, 3.8) is 0 Å². The first kappa shape index (κ1) is 12.5. The molecule has 2 heterocycles. The van der Waals surface area contributed by atoms with Crippen molar-refractivity contribution in [1.29, 1.82) is 0 Å². The van der Waals surface area contributed by atoms with E-state index in [1.54, 1.807) is 7.11 Å². The van der Waals surface area contributed by atoms with Gasteiger partial charge in [0.2, 0.25) is 0 Å². The first-order valence-electron chi connectivity index (χ1n) is 6.48. The summed E-state index contributed by atoms with van der Waals surface area (Å²) in [5.74, 6) is 2.21. The van der Waals surface area contributed by atoms with Gasteiger partial charge in [0.25, 0.3) is 0 Å². The topological polar surface area (TPSA) is 52.0 Å². The minimum absolute atomic E-state index is 0.400. The number of methoxy groups -OCH3 is 1. The van der Waals surface area contributed by atoms with E-state index in [-0.39, 0.29) is 0 Å². The van der Waals surface area contributed by atoms with Crippen LogP contribution in [0.15, 0.2) is 0 Å². The van der Waals surface area contributed by atoms with E-state index in [1.807, 2.05) is 0 Å². The van der Waals surface area contributed by atoms with Gasteiger partial charge in [0.15, 0.2) is 0 Å². The molecule has 0 bridgehead atoms. The summed E-state index contributed by atoms with van der Waals surface area (Å²) in [6.07, 6.45) is 4.62. The van der Waals surface area contributed by atoms with Crippen LogP contribution in [0, 0.1) is 0 Å². The minimum atomic E-state index is 0.400. The molecule has 0 aliphatic carbocycles. The van der Waals surface area contributed by atoms with Gasteiger partial charge in [-0.25, -0.2) is 0 Å². The molecule has 0 spiro atoms. The van der Waals surface area contributed by atoms with Crippen LogP contribution in [0.1, 0.15) is 37.8 Å². The van der Waals surface area contributed by atoms with Crippen LogP contribution in [0.5, 0.6) is 0 Å². The van der Waals surface area contributed by atoms with Crippen molar-refractivity contribution >= 4 is 0 Å². The van der Waals surface area contributed by atoms with Gasteiger partial charge in [0.05, 0.1) is 13.2 Å². The van der Waals surface area contributed by atoms with Crippen molar-refractivity contribution in [2.75, 3.05) is 13.7 Å². The van der Waals surface area contributed by atoms with Crippen LogP contribution in [0.4, 0.5) is 0 Å². The van der Waals surface area contributed by atoms with Gasteiger partial charge in [-0.2, -0.15) is 0 Å². The van der Waals surface area contributed by atoms with E-state index < -0.39 is 0 Å². The average molecular weight is 238 g/mol. The lowest BCUT2D eigenvalue weighted by atomic mass is 10.1. The Labute approximate surface area is 103 Å². The van der Waals surface area contributed by atoms with E-state index >= 15 is 0 Å². The molecule has 1 aromatic heterocycles. The minimum Gasteiger partial charge on any atom is -0.383 e. The van der Waals surface area contributed by atoms with Crippen molar-refractivity contribution in [3.8, 4) is 0 Å². The Bertz CT molecular complexity index is 350. The Kier molecular flexibility index (Phi) is 4.50. The van der Waals surface area contributed by atoms with Crippen molar-refractivity contribution < 1.29 is 4.74 Å². The molecule has 5 nitrogen and oxygen atoms in total. The molecule has 1 unspecified atom stereocenters. The lowest BCUT2D eigenvalue weighted by Crippen LogP contribution is -2.33. The molecule has 0 saturated heterocycles. The second-order valence-corrected chi connectivity index (χ2v) is 4.58.